The van der Waals surface area contributed by atoms with Crippen LogP contribution in [0.3, 0.4) is 0 Å². The third-order valence-corrected chi connectivity index (χ3v) is 3.35. The Kier molecular flexibility index (Phi) is 3.44. The second-order valence-electron chi connectivity index (χ2n) is 4.74. The molecule has 0 aliphatic rings. The van der Waals surface area contributed by atoms with Gasteiger partial charge in [0.2, 0.25) is 0 Å². The van der Waals surface area contributed by atoms with Crippen molar-refractivity contribution in [2.75, 3.05) is 0 Å². The average molecular weight is 283 g/mol. The van der Waals surface area contributed by atoms with E-state index in [2.05, 4.69) is 4.98 Å². The summed E-state index contributed by atoms with van der Waals surface area (Å²) in [7, 11) is 0. The first-order valence-electron chi connectivity index (χ1n) is 6.45. The molecule has 0 saturated heterocycles. The normalized spacial score (nSPS) is 10.8. The van der Waals surface area contributed by atoms with Crippen molar-refractivity contribution in [1.29, 1.82) is 0 Å². The second-order valence-corrected chi connectivity index (χ2v) is 4.74. The summed E-state index contributed by atoms with van der Waals surface area (Å²) in [6.07, 6.45) is 3.15. The standard InChI is InChI=1S/C17H11F2NO/c18-13-5-4-12(16(19)9-13)8-17(21)14-3-1-2-11-6-7-20-10-15(11)14/h1-7,9-10H,8H2. The molecule has 21 heavy (non-hydrogen) atoms. The molecular weight excluding hydrogens is 272 g/mol. The van der Waals surface area contributed by atoms with E-state index in [1.807, 2.05) is 12.1 Å². The van der Waals surface area contributed by atoms with Crippen LogP contribution >= 0.6 is 0 Å². The van der Waals surface area contributed by atoms with Gasteiger partial charge in [-0.1, -0.05) is 24.3 Å². The van der Waals surface area contributed by atoms with Crippen molar-refractivity contribution in [3.05, 3.63) is 77.6 Å². The highest BCUT2D eigenvalue weighted by atomic mass is 19.1. The van der Waals surface area contributed by atoms with Gasteiger partial charge in [-0.15, -0.1) is 0 Å². The number of hydrogen-bond acceptors (Lipinski definition) is 2. The molecule has 4 heteroatoms. The van der Waals surface area contributed by atoms with E-state index in [1.165, 1.54) is 6.07 Å². The predicted octanol–water partition coefficient (Wildman–Crippen LogP) is 3.94. The SMILES string of the molecule is O=C(Cc1ccc(F)cc1F)c1cccc2ccncc12. The number of hydrogen-bond donors (Lipinski definition) is 0. The number of aromatic nitrogens is 1. The number of carbonyl (C=O) groups is 1. The van der Waals surface area contributed by atoms with Gasteiger partial charge in [-0.05, 0) is 23.1 Å². The summed E-state index contributed by atoms with van der Waals surface area (Å²) in [5.74, 6) is -1.58. The fourth-order valence-electron chi connectivity index (χ4n) is 2.29. The van der Waals surface area contributed by atoms with Crippen LogP contribution in [0.15, 0.2) is 54.9 Å². The van der Waals surface area contributed by atoms with Crippen LogP contribution in [0.2, 0.25) is 0 Å². The van der Waals surface area contributed by atoms with E-state index in [9.17, 15) is 13.6 Å². The van der Waals surface area contributed by atoms with Crippen molar-refractivity contribution >= 4 is 16.6 Å². The molecule has 0 amide bonds. The van der Waals surface area contributed by atoms with Gasteiger partial charge < -0.3 is 0 Å². The van der Waals surface area contributed by atoms with Crippen molar-refractivity contribution in [3.63, 3.8) is 0 Å². The summed E-state index contributed by atoms with van der Waals surface area (Å²) in [6.45, 7) is 0. The number of nitrogens with zero attached hydrogens (tertiary/aromatic N) is 1. The topological polar surface area (TPSA) is 30.0 Å². The van der Waals surface area contributed by atoms with Crippen molar-refractivity contribution in [1.82, 2.24) is 4.98 Å². The number of ketones is 1. The maximum Gasteiger partial charge on any atom is 0.168 e. The Morgan fingerprint density at radius 3 is 2.76 bits per heavy atom. The molecule has 0 bridgehead atoms. The zero-order valence-electron chi connectivity index (χ0n) is 11.0. The summed E-state index contributed by atoms with van der Waals surface area (Å²) in [6, 6.07) is 10.4. The van der Waals surface area contributed by atoms with Crippen LogP contribution in [-0.4, -0.2) is 10.8 Å². The summed E-state index contributed by atoms with van der Waals surface area (Å²) >= 11 is 0. The van der Waals surface area contributed by atoms with Crippen LogP contribution in [0.25, 0.3) is 10.8 Å². The van der Waals surface area contributed by atoms with E-state index in [0.717, 1.165) is 22.9 Å². The lowest BCUT2D eigenvalue weighted by Crippen LogP contribution is -2.06. The maximum atomic E-state index is 13.6. The van der Waals surface area contributed by atoms with Gasteiger partial charge in [-0.25, -0.2) is 8.78 Å². The molecule has 1 aromatic heterocycles. The highest BCUT2D eigenvalue weighted by Gasteiger charge is 2.13. The molecule has 3 rings (SSSR count). The Labute approximate surface area is 120 Å². The number of pyridine rings is 1. The maximum absolute atomic E-state index is 13.6. The van der Waals surface area contributed by atoms with Gasteiger partial charge in [0.25, 0.3) is 0 Å². The molecule has 0 aliphatic carbocycles. The Bertz CT molecular complexity index is 825. The first-order valence-corrected chi connectivity index (χ1v) is 6.45. The molecular formula is C17H11F2NO. The minimum absolute atomic E-state index is 0.111. The average Bonchev–Trinajstić information content (AvgIpc) is 2.49. The molecule has 0 saturated carbocycles. The van der Waals surface area contributed by atoms with Crippen molar-refractivity contribution in [2.45, 2.75) is 6.42 Å². The third-order valence-electron chi connectivity index (χ3n) is 3.35. The fourth-order valence-corrected chi connectivity index (χ4v) is 2.29. The molecule has 0 atom stereocenters. The molecule has 1 heterocycles. The van der Waals surface area contributed by atoms with Crippen molar-refractivity contribution < 1.29 is 13.6 Å². The van der Waals surface area contributed by atoms with Gasteiger partial charge in [0.15, 0.2) is 5.78 Å². The molecule has 0 aliphatic heterocycles. The van der Waals surface area contributed by atoms with Crippen LogP contribution in [0.1, 0.15) is 15.9 Å². The Morgan fingerprint density at radius 2 is 1.95 bits per heavy atom. The molecule has 2 nitrogen and oxygen atoms in total. The number of benzene rings is 2. The van der Waals surface area contributed by atoms with Gasteiger partial charge >= 0.3 is 0 Å². The van der Waals surface area contributed by atoms with Gasteiger partial charge in [0, 0.05) is 35.8 Å². The van der Waals surface area contributed by atoms with Crippen LogP contribution < -0.4 is 0 Å². The van der Waals surface area contributed by atoms with Gasteiger partial charge in [-0.2, -0.15) is 0 Å². The van der Waals surface area contributed by atoms with E-state index >= 15 is 0 Å². The first-order chi connectivity index (χ1) is 10.1. The Hall–Kier alpha value is -2.62. The quantitative estimate of drug-likeness (QED) is 0.681. The largest absolute Gasteiger partial charge is 0.294 e. The van der Waals surface area contributed by atoms with Gasteiger partial charge in [0.1, 0.15) is 11.6 Å². The van der Waals surface area contributed by atoms with E-state index < -0.39 is 11.6 Å². The smallest absolute Gasteiger partial charge is 0.168 e. The molecule has 0 N–H and O–H groups in total. The summed E-state index contributed by atoms with van der Waals surface area (Å²) < 4.78 is 26.5. The van der Waals surface area contributed by atoms with Crippen LogP contribution in [0.4, 0.5) is 8.78 Å². The summed E-state index contributed by atoms with van der Waals surface area (Å²) in [5, 5.41) is 1.63. The molecule has 2 aromatic carbocycles. The van der Waals surface area contributed by atoms with Gasteiger partial charge in [0.05, 0.1) is 0 Å². The lowest BCUT2D eigenvalue weighted by molar-refractivity contribution is 0.0993. The minimum Gasteiger partial charge on any atom is -0.294 e. The number of rotatable bonds is 3. The molecule has 0 fully saturated rings. The van der Waals surface area contributed by atoms with E-state index in [4.69, 9.17) is 0 Å². The third kappa shape index (κ3) is 2.65. The number of halogens is 2. The van der Waals surface area contributed by atoms with Crippen LogP contribution in [0, 0.1) is 11.6 Å². The van der Waals surface area contributed by atoms with E-state index in [0.29, 0.717) is 5.56 Å². The molecule has 3 aromatic rings. The number of fused-ring (bicyclic) bond motifs is 1. The highest BCUT2D eigenvalue weighted by molar-refractivity contribution is 6.08. The summed E-state index contributed by atoms with van der Waals surface area (Å²) in [4.78, 5) is 16.4. The van der Waals surface area contributed by atoms with E-state index in [1.54, 1.807) is 24.5 Å². The monoisotopic (exact) mass is 283 g/mol. The molecule has 0 unspecified atom stereocenters. The molecule has 104 valence electrons. The lowest BCUT2D eigenvalue weighted by atomic mass is 9.98. The van der Waals surface area contributed by atoms with Crippen molar-refractivity contribution in [3.8, 4) is 0 Å². The van der Waals surface area contributed by atoms with Crippen LogP contribution in [0.5, 0.6) is 0 Å². The Balaban J connectivity index is 1.97. The highest BCUT2D eigenvalue weighted by Crippen LogP contribution is 2.20. The fraction of sp³-hybridized carbons (Fsp3) is 0.0588. The number of Topliss-reactive ketones (excluding diaryl/α,β-unsaturated/α-hetero) is 1. The zero-order valence-corrected chi connectivity index (χ0v) is 11.0. The zero-order chi connectivity index (χ0) is 14.8. The lowest BCUT2D eigenvalue weighted by Gasteiger charge is -2.06. The second kappa shape index (κ2) is 5.40. The Morgan fingerprint density at radius 1 is 1.10 bits per heavy atom. The number of carbonyl (C=O) groups excluding carboxylic acids is 1. The van der Waals surface area contributed by atoms with E-state index in [-0.39, 0.29) is 17.8 Å². The molecule has 0 spiro atoms. The summed E-state index contributed by atoms with van der Waals surface area (Å²) in [5.41, 5.74) is 0.673. The first kappa shape index (κ1) is 13.4. The van der Waals surface area contributed by atoms with Gasteiger partial charge in [-0.3, -0.25) is 9.78 Å². The van der Waals surface area contributed by atoms with Crippen LogP contribution in [-0.2, 0) is 6.42 Å². The minimum atomic E-state index is -0.707. The predicted molar refractivity (Wildman–Crippen MR) is 76.1 cm³/mol. The van der Waals surface area contributed by atoms with Crippen molar-refractivity contribution in [2.24, 2.45) is 0 Å². The molecule has 0 radical (unpaired) electrons.